The van der Waals surface area contributed by atoms with E-state index in [9.17, 15) is 9.90 Å². The number of ether oxygens (including phenoxy) is 1. The maximum absolute atomic E-state index is 12.9. The number of amides is 1. The van der Waals surface area contributed by atoms with Crippen molar-refractivity contribution in [1.82, 2.24) is 15.2 Å². The third-order valence-corrected chi connectivity index (χ3v) is 6.40. The number of nitrogens with zero attached hydrogens (tertiary/aromatic N) is 3. The minimum atomic E-state index is -0.179. The zero-order valence-corrected chi connectivity index (χ0v) is 20.6. The van der Waals surface area contributed by atoms with Crippen molar-refractivity contribution in [1.29, 1.82) is 0 Å². The maximum Gasteiger partial charge on any atom is 0.270 e. The average molecular weight is 475 g/mol. The second-order valence-electron chi connectivity index (χ2n) is 9.44. The second kappa shape index (κ2) is 11.2. The van der Waals surface area contributed by atoms with Gasteiger partial charge in [0.15, 0.2) is 0 Å². The molecule has 1 aliphatic heterocycles. The van der Waals surface area contributed by atoms with Gasteiger partial charge in [-0.1, -0.05) is 38.1 Å². The Labute approximate surface area is 207 Å². The number of pyridine rings is 1. The number of benzene rings is 2. The standard InChI is InChI=1S/C28H34N4O3/c1-20(2)27(19-31-14-15-32(21(3)18-31)22-8-7-9-23(33)16-22)30-28(34)26-13-12-25(17-29-26)35-24-10-5-4-6-11-24/h4-13,16-17,20-21,27,33H,14-15,18-19H2,1-3H3,(H,30,34). The zero-order valence-electron chi connectivity index (χ0n) is 20.6. The molecule has 2 aromatic carbocycles. The zero-order chi connectivity index (χ0) is 24.8. The number of phenolic OH excluding ortho intramolecular Hbond substituents is 1. The average Bonchev–Trinajstić information content (AvgIpc) is 2.84. The van der Waals surface area contributed by atoms with Crippen LogP contribution in [-0.4, -0.2) is 59.2 Å². The fourth-order valence-electron chi connectivity index (χ4n) is 4.40. The van der Waals surface area contributed by atoms with Crippen LogP contribution in [0.1, 0.15) is 31.3 Å². The summed E-state index contributed by atoms with van der Waals surface area (Å²) in [6.45, 7) is 9.87. The number of para-hydroxylation sites is 1. The summed E-state index contributed by atoms with van der Waals surface area (Å²) in [6.07, 6.45) is 1.58. The predicted octanol–water partition coefficient (Wildman–Crippen LogP) is 4.54. The third kappa shape index (κ3) is 6.51. The lowest BCUT2D eigenvalue weighted by molar-refractivity contribution is 0.0898. The van der Waals surface area contributed by atoms with Gasteiger partial charge in [0.25, 0.3) is 5.91 Å². The fraction of sp³-hybridized carbons (Fsp3) is 0.357. The molecule has 2 unspecified atom stereocenters. The first-order chi connectivity index (χ1) is 16.9. The molecular formula is C28H34N4O3. The Hall–Kier alpha value is -3.58. The highest BCUT2D eigenvalue weighted by Crippen LogP contribution is 2.25. The van der Waals surface area contributed by atoms with E-state index in [2.05, 4.69) is 40.9 Å². The van der Waals surface area contributed by atoms with Gasteiger partial charge in [-0.2, -0.15) is 0 Å². The van der Waals surface area contributed by atoms with Crippen LogP contribution in [-0.2, 0) is 0 Å². The molecule has 2 heterocycles. The number of carbonyl (C=O) groups excluding carboxylic acids is 1. The highest BCUT2D eigenvalue weighted by Gasteiger charge is 2.27. The van der Waals surface area contributed by atoms with Crippen LogP contribution in [0.3, 0.4) is 0 Å². The number of anilines is 1. The Bertz CT molecular complexity index is 1100. The molecule has 2 atom stereocenters. The number of aromatic nitrogens is 1. The predicted molar refractivity (Wildman–Crippen MR) is 138 cm³/mol. The monoisotopic (exact) mass is 474 g/mol. The molecule has 0 radical (unpaired) electrons. The van der Waals surface area contributed by atoms with Gasteiger partial charge in [0.05, 0.1) is 6.20 Å². The van der Waals surface area contributed by atoms with Gasteiger partial charge in [-0.3, -0.25) is 9.69 Å². The lowest BCUT2D eigenvalue weighted by Gasteiger charge is -2.42. The van der Waals surface area contributed by atoms with E-state index in [1.54, 1.807) is 24.4 Å². The highest BCUT2D eigenvalue weighted by atomic mass is 16.5. The third-order valence-electron chi connectivity index (χ3n) is 6.40. The van der Waals surface area contributed by atoms with Crippen molar-refractivity contribution < 1.29 is 14.6 Å². The van der Waals surface area contributed by atoms with Crippen LogP contribution in [0, 0.1) is 5.92 Å². The van der Waals surface area contributed by atoms with Crippen molar-refractivity contribution in [3.63, 3.8) is 0 Å². The Morgan fingerprint density at radius 2 is 1.89 bits per heavy atom. The second-order valence-corrected chi connectivity index (χ2v) is 9.44. The highest BCUT2D eigenvalue weighted by molar-refractivity contribution is 5.92. The largest absolute Gasteiger partial charge is 0.508 e. The molecule has 4 rings (SSSR count). The quantitative estimate of drug-likeness (QED) is 0.499. The number of aromatic hydroxyl groups is 1. The van der Waals surface area contributed by atoms with Crippen molar-refractivity contribution in [2.45, 2.75) is 32.9 Å². The Morgan fingerprint density at radius 1 is 1.09 bits per heavy atom. The molecule has 1 aliphatic rings. The Balaban J connectivity index is 1.33. The van der Waals surface area contributed by atoms with E-state index in [4.69, 9.17) is 4.74 Å². The Morgan fingerprint density at radius 3 is 2.54 bits per heavy atom. The summed E-state index contributed by atoms with van der Waals surface area (Å²) in [7, 11) is 0. The summed E-state index contributed by atoms with van der Waals surface area (Å²) in [5, 5.41) is 13.0. The number of rotatable bonds is 8. The first kappa shape index (κ1) is 24.5. The van der Waals surface area contributed by atoms with E-state index in [-0.39, 0.29) is 23.6 Å². The molecule has 35 heavy (non-hydrogen) atoms. The van der Waals surface area contributed by atoms with Crippen molar-refractivity contribution in [3.05, 3.63) is 78.6 Å². The first-order valence-electron chi connectivity index (χ1n) is 12.2. The molecule has 0 spiro atoms. The van der Waals surface area contributed by atoms with Crippen molar-refractivity contribution in [2.24, 2.45) is 5.92 Å². The first-order valence-corrected chi connectivity index (χ1v) is 12.2. The molecule has 3 aromatic rings. The lowest BCUT2D eigenvalue weighted by atomic mass is 10.0. The summed E-state index contributed by atoms with van der Waals surface area (Å²) < 4.78 is 5.77. The number of nitrogens with one attached hydrogen (secondary N) is 1. The fourth-order valence-corrected chi connectivity index (χ4v) is 4.40. The molecule has 0 saturated carbocycles. The van der Waals surface area contributed by atoms with Crippen molar-refractivity contribution >= 4 is 11.6 Å². The molecule has 1 aromatic heterocycles. The van der Waals surface area contributed by atoms with E-state index in [1.807, 2.05) is 48.5 Å². The Kier molecular flexibility index (Phi) is 7.87. The summed E-state index contributed by atoms with van der Waals surface area (Å²) in [4.78, 5) is 22.0. The molecule has 0 aliphatic carbocycles. The van der Waals surface area contributed by atoms with E-state index >= 15 is 0 Å². The summed E-state index contributed by atoms with van der Waals surface area (Å²) in [5.74, 6) is 1.70. The molecule has 7 heteroatoms. The maximum atomic E-state index is 12.9. The smallest absolute Gasteiger partial charge is 0.270 e. The molecule has 1 fully saturated rings. The van der Waals surface area contributed by atoms with E-state index in [0.717, 1.165) is 37.6 Å². The van der Waals surface area contributed by atoms with Gasteiger partial charge in [-0.05, 0) is 49.2 Å². The summed E-state index contributed by atoms with van der Waals surface area (Å²) in [5.41, 5.74) is 1.41. The van der Waals surface area contributed by atoms with Crippen molar-refractivity contribution in [3.8, 4) is 17.2 Å². The van der Waals surface area contributed by atoms with Gasteiger partial charge in [-0.25, -0.2) is 4.98 Å². The number of hydrogen-bond acceptors (Lipinski definition) is 6. The minimum absolute atomic E-state index is 0.00376. The van der Waals surface area contributed by atoms with Crippen LogP contribution in [0.5, 0.6) is 17.2 Å². The number of carbonyl (C=O) groups is 1. The van der Waals surface area contributed by atoms with E-state index in [0.29, 0.717) is 17.5 Å². The van der Waals surface area contributed by atoms with Crippen LogP contribution < -0.4 is 15.0 Å². The normalized spacial score (nSPS) is 17.3. The van der Waals surface area contributed by atoms with Crippen LogP contribution >= 0.6 is 0 Å². The number of piperazine rings is 1. The summed E-state index contributed by atoms with van der Waals surface area (Å²) in [6, 6.07) is 20.7. The molecule has 7 nitrogen and oxygen atoms in total. The van der Waals surface area contributed by atoms with Gasteiger partial charge in [0.2, 0.25) is 0 Å². The minimum Gasteiger partial charge on any atom is -0.508 e. The number of phenols is 1. The van der Waals surface area contributed by atoms with Crippen LogP contribution in [0.15, 0.2) is 72.9 Å². The molecule has 184 valence electrons. The molecule has 0 bridgehead atoms. The molecule has 1 saturated heterocycles. The van der Waals surface area contributed by atoms with Gasteiger partial charge in [-0.15, -0.1) is 0 Å². The van der Waals surface area contributed by atoms with E-state index in [1.165, 1.54) is 0 Å². The van der Waals surface area contributed by atoms with Crippen LogP contribution in [0.4, 0.5) is 5.69 Å². The molecule has 1 amide bonds. The molecule has 2 N–H and O–H groups in total. The van der Waals surface area contributed by atoms with Crippen molar-refractivity contribution in [2.75, 3.05) is 31.1 Å². The topological polar surface area (TPSA) is 77.9 Å². The van der Waals surface area contributed by atoms with Crippen LogP contribution in [0.25, 0.3) is 0 Å². The number of hydrogen-bond donors (Lipinski definition) is 2. The van der Waals surface area contributed by atoms with E-state index < -0.39 is 0 Å². The van der Waals surface area contributed by atoms with Crippen LogP contribution in [0.2, 0.25) is 0 Å². The van der Waals surface area contributed by atoms with Gasteiger partial charge < -0.3 is 20.1 Å². The van der Waals surface area contributed by atoms with Gasteiger partial charge in [0, 0.05) is 50.0 Å². The van der Waals surface area contributed by atoms with Gasteiger partial charge in [0.1, 0.15) is 22.9 Å². The molecular weight excluding hydrogens is 440 g/mol. The lowest BCUT2D eigenvalue weighted by Crippen LogP contribution is -2.56. The van der Waals surface area contributed by atoms with Gasteiger partial charge >= 0.3 is 0 Å². The summed E-state index contributed by atoms with van der Waals surface area (Å²) >= 11 is 0. The SMILES string of the molecule is CC(C)C(CN1CCN(c2cccc(O)c2)C(C)C1)NC(=O)c1ccc(Oc2ccccc2)cn1.